The number of hydrogen-bond donors (Lipinski definition) is 0. The molecule has 4 nitrogen and oxygen atoms in total. The SMILES string of the molecule is CCCn1ncnc1COc1cccc(C)c1F. The van der Waals surface area contributed by atoms with Crippen molar-refractivity contribution in [3.63, 3.8) is 0 Å². The number of nitrogens with zero attached hydrogens (tertiary/aromatic N) is 3. The number of halogens is 1. The Balaban J connectivity index is 2.07. The monoisotopic (exact) mass is 249 g/mol. The molecule has 0 bridgehead atoms. The van der Waals surface area contributed by atoms with Gasteiger partial charge in [0.25, 0.3) is 0 Å². The van der Waals surface area contributed by atoms with E-state index in [1.807, 2.05) is 0 Å². The molecule has 0 unspecified atom stereocenters. The van der Waals surface area contributed by atoms with Gasteiger partial charge in [-0.05, 0) is 25.0 Å². The normalized spacial score (nSPS) is 10.6. The van der Waals surface area contributed by atoms with Crippen LogP contribution in [0.2, 0.25) is 0 Å². The van der Waals surface area contributed by atoms with Crippen molar-refractivity contribution in [1.82, 2.24) is 14.8 Å². The first-order chi connectivity index (χ1) is 8.72. The Morgan fingerprint density at radius 1 is 1.39 bits per heavy atom. The van der Waals surface area contributed by atoms with Gasteiger partial charge < -0.3 is 4.74 Å². The third-order valence-corrected chi connectivity index (χ3v) is 2.64. The van der Waals surface area contributed by atoms with Gasteiger partial charge in [-0.2, -0.15) is 5.10 Å². The third kappa shape index (κ3) is 2.67. The van der Waals surface area contributed by atoms with Crippen LogP contribution in [0.4, 0.5) is 4.39 Å². The lowest BCUT2D eigenvalue weighted by Crippen LogP contribution is -2.09. The molecule has 0 aliphatic heterocycles. The summed E-state index contributed by atoms with van der Waals surface area (Å²) < 4.78 is 20.9. The van der Waals surface area contributed by atoms with Gasteiger partial charge >= 0.3 is 0 Å². The zero-order valence-electron chi connectivity index (χ0n) is 10.6. The molecule has 0 saturated carbocycles. The van der Waals surface area contributed by atoms with Gasteiger partial charge in [0.05, 0.1) is 0 Å². The molecule has 1 aromatic carbocycles. The molecule has 0 spiro atoms. The third-order valence-electron chi connectivity index (χ3n) is 2.64. The topological polar surface area (TPSA) is 39.9 Å². The van der Waals surface area contributed by atoms with Crippen molar-refractivity contribution in [2.45, 2.75) is 33.4 Å². The lowest BCUT2D eigenvalue weighted by molar-refractivity contribution is 0.272. The van der Waals surface area contributed by atoms with Crippen LogP contribution in [0.5, 0.6) is 5.75 Å². The molecule has 1 aromatic heterocycles. The van der Waals surface area contributed by atoms with Gasteiger partial charge in [-0.1, -0.05) is 19.1 Å². The highest BCUT2D eigenvalue weighted by Crippen LogP contribution is 2.20. The van der Waals surface area contributed by atoms with Crippen molar-refractivity contribution in [3.05, 3.63) is 41.7 Å². The highest BCUT2D eigenvalue weighted by Gasteiger charge is 2.08. The molecule has 0 amide bonds. The van der Waals surface area contributed by atoms with Crippen molar-refractivity contribution in [1.29, 1.82) is 0 Å². The van der Waals surface area contributed by atoms with E-state index in [2.05, 4.69) is 17.0 Å². The Labute approximate surface area is 105 Å². The van der Waals surface area contributed by atoms with Crippen LogP contribution >= 0.6 is 0 Å². The van der Waals surface area contributed by atoms with E-state index in [-0.39, 0.29) is 18.2 Å². The molecule has 0 fully saturated rings. The summed E-state index contributed by atoms with van der Waals surface area (Å²) in [6, 6.07) is 5.09. The largest absolute Gasteiger partial charge is 0.483 e. The Morgan fingerprint density at radius 3 is 3.00 bits per heavy atom. The van der Waals surface area contributed by atoms with Crippen molar-refractivity contribution < 1.29 is 9.13 Å². The van der Waals surface area contributed by atoms with Crippen LogP contribution in [0.1, 0.15) is 24.7 Å². The maximum absolute atomic E-state index is 13.7. The fraction of sp³-hybridized carbons (Fsp3) is 0.385. The minimum atomic E-state index is -0.320. The van der Waals surface area contributed by atoms with Crippen LogP contribution in [-0.2, 0) is 13.2 Å². The Morgan fingerprint density at radius 2 is 2.22 bits per heavy atom. The van der Waals surface area contributed by atoms with Gasteiger partial charge in [0.1, 0.15) is 12.9 Å². The van der Waals surface area contributed by atoms with Gasteiger partial charge in [0.2, 0.25) is 0 Å². The summed E-state index contributed by atoms with van der Waals surface area (Å²) in [7, 11) is 0. The highest BCUT2D eigenvalue weighted by atomic mass is 19.1. The molecule has 0 aliphatic rings. The summed E-state index contributed by atoms with van der Waals surface area (Å²) in [4.78, 5) is 4.11. The second kappa shape index (κ2) is 5.62. The summed E-state index contributed by atoms with van der Waals surface area (Å²) in [6.45, 7) is 4.78. The minimum Gasteiger partial charge on any atom is -0.483 e. The van der Waals surface area contributed by atoms with Crippen LogP contribution in [0.3, 0.4) is 0 Å². The summed E-state index contributed by atoms with van der Waals surface area (Å²) >= 11 is 0. The van der Waals surface area contributed by atoms with Crippen LogP contribution in [0.15, 0.2) is 24.5 Å². The molecule has 0 N–H and O–H groups in total. The summed E-state index contributed by atoms with van der Waals surface area (Å²) in [5, 5.41) is 4.09. The van der Waals surface area contributed by atoms with E-state index in [1.165, 1.54) is 6.33 Å². The van der Waals surface area contributed by atoms with Gasteiger partial charge in [-0.25, -0.2) is 14.1 Å². The van der Waals surface area contributed by atoms with Crippen LogP contribution < -0.4 is 4.74 Å². The first kappa shape index (κ1) is 12.5. The van der Waals surface area contributed by atoms with E-state index in [0.717, 1.165) is 13.0 Å². The summed E-state index contributed by atoms with van der Waals surface area (Å²) in [5.41, 5.74) is 0.572. The molecule has 2 rings (SSSR count). The Kier molecular flexibility index (Phi) is 3.92. The molecule has 0 saturated heterocycles. The van der Waals surface area contributed by atoms with Gasteiger partial charge in [0.15, 0.2) is 17.4 Å². The minimum absolute atomic E-state index is 0.223. The van der Waals surface area contributed by atoms with Crippen molar-refractivity contribution in [2.24, 2.45) is 0 Å². The smallest absolute Gasteiger partial charge is 0.167 e. The van der Waals surface area contributed by atoms with Crippen LogP contribution in [-0.4, -0.2) is 14.8 Å². The number of hydrogen-bond acceptors (Lipinski definition) is 3. The number of aryl methyl sites for hydroxylation is 2. The van der Waals surface area contributed by atoms with Crippen molar-refractivity contribution >= 4 is 0 Å². The van der Waals surface area contributed by atoms with E-state index in [1.54, 1.807) is 29.8 Å². The van der Waals surface area contributed by atoms with Crippen molar-refractivity contribution in [3.8, 4) is 5.75 Å². The zero-order chi connectivity index (χ0) is 13.0. The average molecular weight is 249 g/mol. The van der Waals surface area contributed by atoms with E-state index < -0.39 is 0 Å². The second-order valence-electron chi connectivity index (χ2n) is 4.08. The van der Waals surface area contributed by atoms with Gasteiger partial charge in [-0.15, -0.1) is 0 Å². The molecule has 96 valence electrons. The van der Waals surface area contributed by atoms with Gasteiger partial charge in [-0.3, -0.25) is 0 Å². The lowest BCUT2D eigenvalue weighted by atomic mass is 10.2. The molecular formula is C13H16FN3O. The molecule has 1 heterocycles. The molecule has 0 radical (unpaired) electrons. The predicted octanol–water partition coefficient (Wildman–Crippen LogP) is 2.71. The van der Waals surface area contributed by atoms with E-state index in [0.29, 0.717) is 11.4 Å². The molecular weight excluding hydrogens is 233 g/mol. The number of aromatic nitrogens is 3. The first-order valence-corrected chi connectivity index (χ1v) is 5.97. The predicted molar refractivity (Wildman–Crippen MR) is 65.8 cm³/mol. The van der Waals surface area contributed by atoms with E-state index in [4.69, 9.17) is 4.74 Å². The van der Waals surface area contributed by atoms with Crippen LogP contribution in [0.25, 0.3) is 0 Å². The quantitative estimate of drug-likeness (QED) is 0.818. The fourth-order valence-electron chi connectivity index (χ4n) is 1.67. The molecule has 0 aliphatic carbocycles. The number of rotatable bonds is 5. The number of benzene rings is 1. The molecule has 18 heavy (non-hydrogen) atoms. The lowest BCUT2D eigenvalue weighted by Gasteiger charge is -2.09. The van der Waals surface area contributed by atoms with E-state index >= 15 is 0 Å². The summed E-state index contributed by atoms with van der Waals surface area (Å²) in [5.74, 6) is 0.637. The first-order valence-electron chi connectivity index (χ1n) is 5.97. The number of ether oxygens (including phenoxy) is 1. The standard InChI is InChI=1S/C13H16FN3O/c1-3-7-17-12(15-9-16-17)8-18-11-6-4-5-10(2)13(11)14/h4-6,9H,3,7-8H2,1-2H3. The highest BCUT2D eigenvalue weighted by molar-refractivity contribution is 5.30. The summed E-state index contributed by atoms with van der Waals surface area (Å²) in [6.07, 6.45) is 2.45. The van der Waals surface area contributed by atoms with Crippen molar-refractivity contribution in [2.75, 3.05) is 0 Å². The maximum atomic E-state index is 13.7. The van der Waals surface area contributed by atoms with Crippen LogP contribution in [0, 0.1) is 12.7 Å². The van der Waals surface area contributed by atoms with Gasteiger partial charge in [0, 0.05) is 6.54 Å². The molecule has 5 heteroatoms. The zero-order valence-corrected chi connectivity index (χ0v) is 10.6. The average Bonchev–Trinajstić information content (AvgIpc) is 2.79. The van der Waals surface area contributed by atoms with E-state index in [9.17, 15) is 4.39 Å². The molecule has 2 aromatic rings. The maximum Gasteiger partial charge on any atom is 0.167 e. The Hall–Kier alpha value is -1.91. The second-order valence-corrected chi connectivity index (χ2v) is 4.08. The molecule has 0 atom stereocenters. The Bertz CT molecular complexity index is 525. The fourth-order valence-corrected chi connectivity index (χ4v) is 1.67.